The van der Waals surface area contributed by atoms with E-state index in [1.54, 1.807) is 0 Å². The molecule has 2 heteroatoms. The van der Waals surface area contributed by atoms with Crippen LogP contribution in [-0.2, 0) is 0 Å². The van der Waals surface area contributed by atoms with E-state index in [0.29, 0.717) is 0 Å². The van der Waals surface area contributed by atoms with Crippen LogP contribution in [0.15, 0.2) is 121 Å². The summed E-state index contributed by atoms with van der Waals surface area (Å²) >= 11 is 0. The van der Waals surface area contributed by atoms with Crippen molar-refractivity contribution in [2.75, 3.05) is 0 Å². The van der Waals surface area contributed by atoms with Crippen molar-refractivity contribution in [1.82, 2.24) is 0 Å². The molecule has 0 heterocycles. The van der Waals surface area contributed by atoms with Crippen LogP contribution in [0.3, 0.4) is 0 Å². The number of hydrogen-bond donors (Lipinski definition) is 0. The van der Waals surface area contributed by atoms with Crippen LogP contribution in [0.25, 0.3) is 43.8 Å². The first kappa shape index (κ1) is 26.0. The van der Waals surface area contributed by atoms with E-state index in [-0.39, 0.29) is 31.5 Å². The quantitative estimate of drug-likeness (QED) is 0.172. The molecule has 6 aromatic rings. The van der Waals surface area contributed by atoms with Crippen molar-refractivity contribution >= 4 is 58.7 Å². The van der Waals surface area contributed by atoms with Crippen molar-refractivity contribution in [3.05, 3.63) is 132 Å². The Morgan fingerprint density at radius 2 is 1.08 bits per heavy atom. The monoisotopic (exact) mass is 490 g/mol. The second-order valence-electron chi connectivity index (χ2n) is 9.39. The Hall–Kier alpha value is -3.05. The summed E-state index contributed by atoms with van der Waals surface area (Å²) in [7, 11) is -0.336. The molecule has 0 aromatic heterocycles. The second-order valence-corrected chi connectivity index (χ2v) is 11.8. The Morgan fingerprint density at radius 3 is 1.61 bits per heavy atom. The van der Waals surface area contributed by atoms with Gasteiger partial charge in [-0.15, -0.1) is 74.7 Å². The Bertz CT molecular complexity index is 1600. The zero-order valence-corrected chi connectivity index (χ0v) is 23.7. The van der Waals surface area contributed by atoms with Gasteiger partial charge in [-0.2, -0.15) is 6.07 Å². The van der Waals surface area contributed by atoms with E-state index in [4.69, 9.17) is 0 Å². The fraction of sp³-hybridized carbons (Fsp3) is 0.0882. The largest absolute Gasteiger partial charge is 2.00 e. The normalized spacial score (nSPS) is 10.4. The third-order valence-corrected chi connectivity index (χ3v) is 7.20. The van der Waals surface area contributed by atoms with Crippen LogP contribution in [0, 0.1) is 6.92 Å². The summed E-state index contributed by atoms with van der Waals surface area (Å²) in [6.45, 7) is 6.79. The van der Waals surface area contributed by atoms with E-state index >= 15 is 0 Å². The molecule has 0 aliphatic rings. The van der Waals surface area contributed by atoms with Crippen LogP contribution in [0.2, 0.25) is 13.1 Å². The molecular formula is C34H30MgSi. The van der Waals surface area contributed by atoms with E-state index in [2.05, 4.69) is 147 Å². The van der Waals surface area contributed by atoms with Crippen LogP contribution in [0.5, 0.6) is 0 Å². The molecule has 0 saturated heterocycles. The second kappa shape index (κ2) is 11.8. The number of aryl methyl sites for hydroxylation is 1. The van der Waals surface area contributed by atoms with Crippen LogP contribution >= 0.6 is 0 Å². The van der Waals surface area contributed by atoms with Crippen molar-refractivity contribution in [3.8, 4) is 22.3 Å². The Balaban J connectivity index is 0.000000167. The van der Waals surface area contributed by atoms with E-state index in [9.17, 15) is 0 Å². The van der Waals surface area contributed by atoms with Gasteiger partial charge in [0.1, 0.15) is 0 Å². The van der Waals surface area contributed by atoms with Gasteiger partial charge in [0.25, 0.3) is 0 Å². The standard InChI is InChI=1S/C18H17Si.C16H13.Mg/c1-19(2)13-14-11-16-9-6-10-17(18(16)12-14)15-7-4-3-5-8-15;1-12-10-14-8-5-9-15(16(14)11-12)13-6-3-2-4-7-13;/h3-13H,1-2H3;2-11H,1H3;/q2*-1;+2. The molecule has 0 nitrogen and oxygen atoms in total. The molecule has 0 spiro atoms. The average Bonchev–Trinajstić information content (AvgIpc) is 3.46. The number of rotatable bonds is 3. The van der Waals surface area contributed by atoms with E-state index in [1.807, 2.05) is 0 Å². The molecule has 172 valence electrons. The summed E-state index contributed by atoms with van der Waals surface area (Å²) in [5.74, 6) is 0. The Morgan fingerprint density at radius 1 is 0.583 bits per heavy atom. The molecule has 0 fully saturated rings. The molecule has 0 atom stereocenters. The minimum Gasteiger partial charge on any atom is -0.165 e. The van der Waals surface area contributed by atoms with E-state index in [1.165, 1.54) is 54.9 Å². The van der Waals surface area contributed by atoms with Gasteiger partial charge in [-0.25, -0.2) is 0 Å². The van der Waals surface area contributed by atoms with Gasteiger partial charge in [-0.05, 0) is 19.5 Å². The smallest absolute Gasteiger partial charge is 0.165 e. The van der Waals surface area contributed by atoms with E-state index < -0.39 is 0 Å². The fourth-order valence-electron chi connectivity index (χ4n) is 4.80. The summed E-state index contributed by atoms with van der Waals surface area (Å²) in [6.07, 6.45) is 0. The van der Waals surface area contributed by atoms with Crippen LogP contribution < -0.4 is 0 Å². The third-order valence-electron chi connectivity index (χ3n) is 6.29. The fourth-order valence-corrected chi connectivity index (χ4v) is 5.63. The van der Waals surface area contributed by atoms with Gasteiger partial charge in [0, 0.05) is 0 Å². The van der Waals surface area contributed by atoms with Gasteiger partial charge in [0.05, 0.1) is 0 Å². The number of hydrogen-bond acceptors (Lipinski definition) is 0. The molecule has 6 aromatic carbocycles. The van der Waals surface area contributed by atoms with Gasteiger partial charge >= 0.3 is 23.1 Å². The van der Waals surface area contributed by atoms with Crippen molar-refractivity contribution in [3.63, 3.8) is 0 Å². The van der Waals surface area contributed by atoms with Gasteiger partial charge in [-0.3, -0.25) is 0 Å². The SMILES string of the molecule is C[Si](C)=Cc1cc2c(-c3ccccc3)cccc2[cH-]1.Cc1cc2c(-c3ccccc3)cccc2[cH-]1.[Mg+2]. The van der Waals surface area contributed by atoms with Crippen molar-refractivity contribution < 1.29 is 0 Å². The Kier molecular flexibility index (Phi) is 8.53. The maximum atomic E-state index is 2.42. The molecule has 0 aliphatic carbocycles. The number of benzene rings is 4. The van der Waals surface area contributed by atoms with Crippen LogP contribution in [0.1, 0.15) is 11.1 Å². The first-order valence-electron chi connectivity index (χ1n) is 12.2. The van der Waals surface area contributed by atoms with Gasteiger partial charge < -0.3 is 0 Å². The summed E-state index contributed by atoms with van der Waals surface area (Å²) < 4.78 is 0. The maximum Gasteiger partial charge on any atom is 2.00 e. The molecule has 0 bridgehead atoms. The molecular weight excluding hydrogens is 461 g/mol. The molecule has 6 rings (SSSR count). The topological polar surface area (TPSA) is 0 Å². The minimum absolute atomic E-state index is 0. The summed E-state index contributed by atoms with van der Waals surface area (Å²) in [5.41, 5.74) is 10.4. The van der Waals surface area contributed by atoms with Gasteiger partial charge in [-0.1, -0.05) is 110 Å². The maximum absolute atomic E-state index is 2.42. The summed E-state index contributed by atoms with van der Waals surface area (Å²) in [6, 6.07) is 43.4. The first-order valence-corrected chi connectivity index (χ1v) is 14.8. The molecule has 36 heavy (non-hydrogen) atoms. The van der Waals surface area contributed by atoms with Crippen molar-refractivity contribution in [1.29, 1.82) is 0 Å². The first-order chi connectivity index (χ1) is 17.1. The summed E-state index contributed by atoms with van der Waals surface area (Å²) in [4.78, 5) is 0. The van der Waals surface area contributed by atoms with Crippen molar-refractivity contribution in [2.45, 2.75) is 20.0 Å². The van der Waals surface area contributed by atoms with Gasteiger partial charge in [0.2, 0.25) is 0 Å². The van der Waals surface area contributed by atoms with Crippen LogP contribution in [-0.4, -0.2) is 37.1 Å². The zero-order valence-electron chi connectivity index (χ0n) is 21.3. The zero-order chi connectivity index (χ0) is 24.2. The molecule has 0 N–H and O–H groups in total. The third kappa shape index (κ3) is 5.84. The molecule has 0 saturated carbocycles. The Labute approximate surface area is 232 Å². The molecule has 0 aliphatic heterocycles. The predicted octanol–water partition coefficient (Wildman–Crippen LogP) is 8.87. The minimum atomic E-state index is -0.336. The number of fused-ring (bicyclic) bond motifs is 2. The van der Waals surface area contributed by atoms with Gasteiger partial charge in [0.15, 0.2) is 0 Å². The van der Waals surface area contributed by atoms with Crippen molar-refractivity contribution in [2.24, 2.45) is 0 Å². The van der Waals surface area contributed by atoms with Crippen LogP contribution in [0.4, 0.5) is 0 Å². The molecule has 0 unspecified atom stereocenters. The average molecular weight is 491 g/mol. The molecule has 0 radical (unpaired) electrons. The van der Waals surface area contributed by atoms with E-state index in [0.717, 1.165) is 0 Å². The summed E-state index contributed by atoms with van der Waals surface area (Å²) in [5, 5.41) is 5.39. The molecule has 0 amide bonds. The predicted molar refractivity (Wildman–Crippen MR) is 163 cm³/mol.